The fourth-order valence-electron chi connectivity index (χ4n) is 2.61. The van der Waals surface area contributed by atoms with Crippen LogP contribution in [0.15, 0.2) is 12.4 Å². The summed E-state index contributed by atoms with van der Waals surface area (Å²) < 4.78 is 2.02. The number of rotatable bonds is 3. The van der Waals surface area contributed by atoms with Gasteiger partial charge in [0, 0.05) is 17.0 Å². The summed E-state index contributed by atoms with van der Waals surface area (Å²) >= 11 is 0. The molecule has 0 aromatic carbocycles. The molecule has 1 aliphatic carbocycles. The van der Waals surface area contributed by atoms with Gasteiger partial charge in [0.25, 0.3) is 0 Å². The van der Waals surface area contributed by atoms with Crippen molar-refractivity contribution in [2.24, 2.45) is 0 Å². The second-order valence-corrected chi connectivity index (χ2v) is 4.72. The van der Waals surface area contributed by atoms with E-state index in [1.54, 1.807) is 6.33 Å². The summed E-state index contributed by atoms with van der Waals surface area (Å²) in [5.74, 6) is 0.994. The molecule has 0 atom stereocenters. The van der Waals surface area contributed by atoms with Crippen molar-refractivity contribution in [2.45, 2.75) is 46.0 Å². The summed E-state index contributed by atoms with van der Waals surface area (Å²) in [5, 5.41) is 4.67. The molecule has 4 nitrogen and oxygen atoms in total. The number of aromatic nitrogens is 4. The zero-order valence-electron chi connectivity index (χ0n) is 11.0. The zero-order valence-corrected chi connectivity index (χ0v) is 11.0. The molecule has 0 unspecified atom stereocenters. The molecule has 18 heavy (non-hydrogen) atoms. The molecule has 2 heterocycles. The third kappa shape index (κ3) is 1.72. The highest BCUT2D eigenvalue weighted by Gasteiger charge is 2.20. The first kappa shape index (κ1) is 11.4. The van der Waals surface area contributed by atoms with Gasteiger partial charge in [-0.15, -0.1) is 0 Å². The van der Waals surface area contributed by atoms with E-state index in [4.69, 9.17) is 0 Å². The van der Waals surface area contributed by atoms with Crippen molar-refractivity contribution in [3.8, 4) is 5.82 Å². The van der Waals surface area contributed by atoms with Gasteiger partial charge in [0.15, 0.2) is 5.82 Å². The highest BCUT2D eigenvalue weighted by Crippen LogP contribution is 2.25. The Hall–Kier alpha value is -1.71. The molecule has 2 aromatic rings. The van der Waals surface area contributed by atoms with Gasteiger partial charge in [-0.3, -0.25) is 0 Å². The van der Waals surface area contributed by atoms with Crippen molar-refractivity contribution in [3.63, 3.8) is 0 Å². The molecular formula is C14H18N4. The molecule has 2 aromatic heterocycles. The summed E-state index contributed by atoms with van der Waals surface area (Å²) in [7, 11) is 0. The molecule has 0 bridgehead atoms. The molecule has 1 aliphatic rings. The lowest BCUT2D eigenvalue weighted by atomic mass is 10.2. The summed E-state index contributed by atoms with van der Waals surface area (Å²) in [6.45, 7) is 4.30. The number of hydrogen-bond acceptors (Lipinski definition) is 3. The van der Waals surface area contributed by atoms with Crippen molar-refractivity contribution in [1.82, 2.24) is 19.7 Å². The van der Waals surface area contributed by atoms with E-state index in [0.717, 1.165) is 37.2 Å². The predicted octanol–water partition coefficient (Wildman–Crippen LogP) is 2.28. The lowest BCUT2D eigenvalue weighted by Crippen LogP contribution is -2.08. The lowest BCUT2D eigenvalue weighted by molar-refractivity contribution is 0.757. The van der Waals surface area contributed by atoms with Crippen LogP contribution in [-0.4, -0.2) is 19.7 Å². The normalized spacial score (nSPS) is 13.9. The van der Waals surface area contributed by atoms with Crippen LogP contribution in [-0.2, 0) is 25.7 Å². The van der Waals surface area contributed by atoms with Crippen LogP contribution in [0.4, 0.5) is 0 Å². The van der Waals surface area contributed by atoms with Gasteiger partial charge in [-0.25, -0.2) is 14.6 Å². The average molecular weight is 242 g/mol. The molecule has 0 radical (unpaired) electrons. The minimum Gasteiger partial charge on any atom is -0.241 e. The fourth-order valence-corrected chi connectivity index (χ4v) is 2.61. The van der Waals surface area contributed by atoms with E-state index in [1.165, 1.54) is 23.4 Å². The topological polar surface area (TPSA) is 43.6 Å². The minimum absolute atomic E-state index is 0.966. The van der Waals surface area contributed by atoms with Crippen LogP contribution in [0.25, 0.3) is 5.82 Å². The summed E-state index contributed by atoms with van der Waals surface area (Å²) in [6.07, 6.45) is 6.96. The van der Waals surface area contributed by atoms with Crippen molar-refractivity contribution in [3.05, 3.63) is 35.0 Å². The first-order chi connectivity index (χ1) is 8.83. The molecule has 0 saturated carbocycles. The summed E-state index contributed by atoms with van der Waals surface area (Å²) in [4.78, 5) is 8.84. The maximum Gasteiger partial charge on any atom is 0.160 e. The Morgan fingerprint density at radius 2 is 2.06 bits per heavy atom. The minimum atomic E-state index is 0.966. The third-order valence-corrected chi connectivity index (χ3v) is 3.61. The van der Waals surface area contributed by atoms with E-state index < -0.39 is 0 Å². The van der Waals surface area contributed by atoms with Crippen molar-refractivity contribution >= 4 is 0 Å². The van der Waals surface area contributed by atoms with Gasteiger partial charge in [0.05, 0.1) is 5.69 Å². The highest BCUT2D eigenvalue weighted by atomic mass is 15.3. The smallest absolute Gasteiger partial charge is 0.160 e. The number of aryl methyl sites for hydroxylation is 3. The third-order valence-electron chi connectivity index (χ3n) is 3.61. The predicted molar refractivity (Wildman–Crippen MR) is 69.9 cm³/mol. The molecule has 0 saturated heterocycles. The van der Waals surface area contributed by atoms with E-state index in [0.29, 0.717) is 0 Å². The Bertz CT molecular complexity index is 571. The van der Waals surface area contributed by atoms with Crippen LogP contribution in [0.2, 0.25) is 0 Å². The van der Waals surface area contributed by atoms with E-state index >= 15 is 0 Å². The number of fused-ring (bicyclic) bond motifs is 1. The monoisotopic (exact) mass is 242 g/mol. The number of hydrogen-bond donors (Lipinski definition) is 0. The molecule has 3 rings (SSSR count). The molecular weight excluding hydrogens is 224 g/mol. The Kier molecular flexibility index (Phi) is 2.86. The van der Waals surface area contributed by atoms with Crippen molar-refractivity contribution in [1.29, 1.82) is 0 Å². The Morgan fingerprint density at radius 3 is 2.83 bits per heavy atom. The lowest BCUT2D eigenvalue weighted by Gasteiger charge is -2.09. The van der Waals surface area contributed by atoms with Crippen LogP contribution in [0, 0.1) is 0 Å². The molecule has 4 heteroatoms. The van der Waals surface area contributed by atoms with Gasteiger partial charge in [0.1, 0.15) is 6.33 Å². The first-order valence-corrected chi connectivity index (χ1v) is 6.74. The Balaban J connectivity index is 2.15. The van der Waals surface area contributed by atoms with Crippen LogP contribution >= 0.6 is 0 Å². The Labute approximate surface area is 107 Å². The second kappa shape index (κ2) is 4.52. The Morgan fingerprint density at radius 1 is 1.17 bits per heavy atom. The molecule has 0 amide bonds. The standard InChI is InChI=1S/C14H18N4/c1-3-10-8-11(4-2)18(17-10)14-12-6-5-7-13(12)15-9-16-14/h8-9H,3-7H2,1-2H3. The molecule has 94 valence electrons. The molecule has 0 fully saturated rings. The van der Waals surface area contributed by atoms with E-state index in [1.807, 2.05) is 4.68 Å². The van der Waals surface area contributed by atoms with Crippen molar-refractivity contribution < 1.29 is 0 Å². The zero-order chi connectivity index (χ0) is 12.5. The van der Waals surface area contributed by atoms with Gasteiger partial charge in [-0.05, 0) is 38.2 Å². The quantitative estimate of drug-likeness (QED) is 0.829. The summed E-state index contributed by atoms with van der Waals surface area (Å²) in [5.41, 5.74) is 4.87. The van der Waals surface area contributed by atoms with Gasteiger partial charge in [-0.1, -0.05) is 13.8 Å². The fraction of sp³-hybridized carbons (Fsp3) is 0.500. The molecule has 0 N–H and O–H groups in total. The van der Waals surface area contributed by atoms with E-state index in [2.05, 4.69) is 35.0 Å². The average Bonchev–Trinajstić information content (AvgIpc) is 3.04. The van der Waals surface area contributed by atoms with Crippen LogP contribution in [0.3, 0.4) is 0 Å². The van der Waals surface area contributed by atoms with Gasteiger partial charge in [0.2, 0.25) is 0 Å². The molecule has 0 aliphatic heterocycles. The maximum atomic E-state index is 4.67. The van der Waals surface area contributed by atoms with Crippen LogP contribution < -0.4 is 0 Å². The maximum absolute atomic E-state index is 4.67. The first-order valence-electron chi connectivity index (χ1n) is 6.74. The largest absolute Gasteiger partial charge is 0.241 e. The molecule has 0 spiro atoms. The van der Waals surface area contributed by atoms with Gasteiger partial charge >= 0.3 is 0 Å². The van der Waals surface area contributed by atoms with Crippen LogP contribution in [0.1, 0.15) is 42.9 Å². The van der Waals surface area contributed by atoms with Gasteiger partial charge < -0.3 is 0 Å². The van der Waals surface area contributed by atoms with E-state index in [-0.39, 0.29) is 0 Å². The van der Waals surface area contributed by atoms with Crippen molar-refractivity contribution in [2.75, 3.05) is 0 Å². The summed E-state index contributed by atoms with van der Waals surface area (Å²) in [6, 6.07) is 2.18. The van der Waals surface area contributed by atoms with E-state index in [9.17, 15) is 0 Å². The van der Waals surface area contributed by atoms with Crippen LogP contribution in [0.5, 0.6) is 0 Å². The SMILES string of the molecule is CCc1cc(CC)n(-c2ncnc3c2CCC3)n1. The highest BCUT2D eigenvalue weighted by molar-refractivity contribution is 5.40. The van der Waals surface area contributed by atoms with Gasteiger partial charge in [-0.2, -0.15) is 5.10 Å². The second-order valence-electron chi connectivity index (χ2n) is 4.72. The number of nitrogens with zero attached hydrogens (tertiary/aromatic N) is 4.